The predicted octanol–water partition coefficient (Wildman–Crippen LogP) is 7.68. The molecule has 1 aromatic carbocycles. The Kier molecular flexibility index (Phi) is 14.9. The van der Waals surface area contributed by atoms with Gasteiger partial charge in [-0.05, 0) is 101 Å². The first-order valence-electron chi connectivity index (χ1n) is 12.6. The van der Waals surface area contributed by atoms with E-state index < -0.39 is 0 Å². The number of allylic oxidation sites excluding steroid dienone is 5. The maximum absolute atomic E-state index is 13.1. The molecule has 1 N–H and O–H groups in total. The first-order valence-corrected chi connectivity index (χ1v) is 12.6. The van der Waals surface area contributed by atoms with Gasteiger partial charge < -0.3 is 5.32 Å². The summed E-state index contributed by atoms with van der Waals surface area (Å²) in [4.78, 5) is 2.42. The molecule has 1 atom stereocenters. The van der Waals surface area contributed by atoms with Crippen LogP contribution in [0.15, 0.2) is 59.7 Å². The number of hydrogen-bond donors (Lipinski definition) is 1. The lowest BCUT2D eigenvalue weighted by Crippen LogP contribution is -2.24. The Morgan fingerprint density at radius 3 is 2.44 bits per heavy atom. The molecule has 0 aromatic heterocycles. The SMILES string of the molecule is C=C(CCC(C)CCNCC)/C(=C/C=C(\C)CCCN(CC)Cc1ccc(F)cc1)CC. The normalized spacial score (nSPS) is 13.6. The standard InChI is InChI=1S/C29H47FN2/c1-7-28(26(6)14-12-25(5)20-21-31-8-2)17-13-24(4)11-10-22-32(9-3)23-27-15-18-29(30)19-16-27/h13,15-19,25,31H,6-12,14,20-23H2,1-5H3/b24-13+,28-17+. The van der Waals surface area contributed by atoms with E-state index in [0.29, 0.717) is 0 Å². The Bertz CT molecular complexity index is 702. The minimum atomic E-state index is -0.168. The van der Waals surface area contributed by atoms with Gasteiger partial charge in [0.05, 0.1) is 0 Å². The van der Waals surface area contributed by atoms with Crippen LogP contribution in [0.2, 0.25) is 0 Å². The van der Waals surface area contributed by atoms with Gasteiger partial charge in [-0.25, -0.2) is 4.39 Å². The van der Waals surface area contributed by atoms with Crippen LogP contribution in [0.3, 0.4) is 0 Å². The van der Waals surface area contributed by atoms with Crippen molar-refractivity contribution in [3.8, 4) is 0 Å². The van der Waals surface area contributed by atoms with Crippen LogP contribution in [0.1, 0.15) is 78.7 Å². The van der Waals surface area contributed by atoms with Gasteiger partial charge in [0, 0.05) is 6.54 Å². The van der Waals surface area contributed by atoms with Crippen LogP contribution in [-0.2, 0) is 6.54 Å². The molecular formula is C29H47FN2. The van der Waals surface area contributed by atoms with Gasteiger partial charge in [0.15, 0.2) is 0 Å². The van der Waals surface area contributed by atoms with Crippen molar-refractivity contribution in [2.45, 2.75) is 79.7 Å². The number of nitrogens with zero attached hydrogens (tertiary/aromatic N) is 1. The average molecular weight is 443 g/mol. The second-order valence-corrected chi connectivity index (χ2v) is 9.05. The van der Waals surface area contributed by atoms with Crippen LogP contribution in [0.5, 0.6) is 0 Å². The van der Waals surface area contributed by atoms with E-state index in [1.165, 1.54) is 35.1 Å². The van der Waals surface area contributed by atoms with Crippen LogP contribution >= 0.6 is 0 Å². The van der Waals surface area contributed by atoms with E-state index in [9.17, 15) is 4.39 Å². The molecule has 180 valence electrons. The highest BCUT2D eigenvalue weighted by Gasteiger charge is 2.06. The molecular weight excluding hydrogens is 395 g/mol. The fourth-order valence-corrected chi connectivity index (χ4v) is 3.84. The lowest BCUT2D eigenvalue weighted by Gasteiger charge is -2.20. The van der Waals surface area contributed by atoms with E-state index in [1.54, 1.807) is 12.1 Å². The van der Waals surface area contributed by atoms with Gasteiger partial charge in [0.25, 0.3) is 0 Å². The molecule has 2 nitrogen and oxygen atoms in total. The maximum Gasteiger partial charge on any atom is 0.123 e. The first-order chi connectivity index (χ1) is 15.4. The molecule has 0 saturated carbocycles. The molecule has 0 saturated heterocycles. The van der Waals surface area contributed by atoms with Crippen molar-refractivity contribution >= 4 is 0 Å². The predicted molar refractivity (Wildman–Crippen MR) is 139 cm³/mol. The average Bonchev–Trinajstić information content (AvgIpc) is 2.79. The van der Waals surface area contributed by atoms with Crippen molar-refractivity contribution in [3.05, 3.63) is 71.1 Å². The monoisotopic (exact) mass is 442 g/mol. The smallest absolute Gasteiger partial charge is 0.123 e. The van der Waals surface area contributed by atoms with E-state index in [2.05, 4.69) is 63.6 Å². The summed E-state index contributed by atoms with van der Waals surface area (Å²) in [5.41, 5.74) is 5.27. The van der Waals surface area contributed by atoms with E-state index in [0.717, 1.165) is 64.3 Å². The van der Waals surface area contributed by atoms with Crippen molar-refractivity contribution in [1.82, 2.24) is 10.2 Å². The third-order valence-corrected chi connectivity index (χ3v) is 6.22. The fourth-order valence-electron chi connectivity index (χ4n) is 3.84. The minimum Gasteiger partial charge on any atom is -0.317 e. The van der Waals surface area contributed by atoms with Gasteiger partial charge in [0.2, 0.25) is 0 Å². The Morgan fingerprint density at radius 1 is 1.09 bits per heavy atom. The third-order valence-electron chi connectivity index (χ3n) is 6.22. The second kappa shape index (κ2) is 16.9. The summed E-state index contributed by atoms with van der Waals surface area (Å²) >= 11 is 0. The summed E-state index contributed by atoms with van der Waals surface area (Å²) in [6, 6.07) is 6.86. The maximum atomic E-state index is 13.1. The lowest BCUT2D eigenvalue weighted by molar-refractivity contribution is 0.276. The molecule has 3 heteroatoms. The largest absolute Gasteiger partial charge is 0.317 e. The summed E-state index contributed by atoms with van der Waals surface area (Å²) in [5, 5.41) is 3.42. The molecule has 1 aromatic rings. The number of halogens is 1. The van der Waals surface area contributed by atoms with Crippen LogP contribution in [0, 0.1) is 11.7 Å². The topological polar surface area (TPSA) is 15.3 Å². The molecule has 0 aliphatic carbocycles. The molecule has 0 radical (unpaired) electrons. The van der Waals surface area contributed by atoms with Crippen molar-refractivity contribution in [1.29, 1.82) is 0 Å². The summed E-state index contributed by atoms with van der Waals surface area (Å²) in [6.07, 6.45) is 11.4. The number of rotatable bonds is 17. The summed E-state index contributed by atoms with van der Waals surface area (Å²) in [6.45, 7) is 20.6. The highest BCUT2D eigenvalue weighted by atomic mass is 19.1. The van der Waals surface area contributed by atoms with Crippen LogP contribution in [0.4, 0.5) is 4.39 Å². The molecule has 0 aliphatic heterocycles. The molecule has 0 aliphatic rings. The number of benzene rings is 1. The molecule has 32 heavy (non-hydrogen) atoms. The van der Waals surface area contributed by atoms with E-state index in [-0.39, 0.29) is 5.82 Å². The Labute approximate surface area is 197 Å². The fraction of sp³-hybridized carbons (Fsp3) is 0.586. The zero-order valence-electron chi connectivity index (χ0n) is 21.4. The summed E-state index contributed by atoms with van der Waals surface area (Å²) in [5.74, 6) is 0.566. The van der Waals surface area contributed by atoms with Crippen LogP contribution in [-0.4, -0.2) is 31.1 Å². The van der Waals surface area contributed by atoms with E-state index in [4.69, 9.17) is 0 Å². The van der Waals surface area contributed by atoms with Crippen molar-refractivity contribution in [3.63, 3.8) is 0 Å². The summed E-state index contributed by atoms with van der Waals surface area (Å²) in [7, 11) is 0. The number of nitrogens with one attached hydrogen (secondary N) is 1. The van der Waals surface area contributed by atoms with Crippen molar-refractivity contribution in [2.75, 3.05) is 26.2 Å². The second-order valence-electron chi connectivity index (χ2n) is 9.05. The molecule has 0 heterocycles. The van der Waals surface area contributed by atoms with Crippen LogP contribution in [0.25, 0.3) is 0 Å². The van der Waals surface area contributed by atoms with Gasteiger partial charge in [0.1, 0.15) is 5.82 Å². The Hall–Kier alpha value is -1.71. The molecule has 0 amide bonds. The molecule has 0 bridgehead atoms. The van der Waals surface area contributed by atoms with Gasteiger partial charge in [-0.3, -0.25) is 4.90 Å². The van der Waals surface area contributed by atoms with E-state index >= 15 is 0 Å². The molecule has 0 spiro atoms. The van der Waals surface area contributed by atoms with E-state index in [1.807, 2.05) is 12.1 Å². The van der Waals surface area contributed by atoms with Crippen molar-refractivity contribution < 1.29 is 4.39 Å². The molecule has 1 rings (SSSR count). The number of hydrogen-bond acceptors (Lipinski definition) is 2. The highest BCUT2D eigenvalue weighted by molar-refractivity contribution is 5.32. The van der Waals surface area contributed by atoms with Crippen LogP contribution < -0.4 is 5.32 Å². The Balaban J connectivity index is 2.44. The zero-order valence-corrected chi connectivity index (χ0v) is 21.4. The van der Waals surface area contributed by atoms with Gasteiger partial charge >= 0.3 is 0 Å². The van der Waals surface area contributed by atoms with Crippen molar-refractivity contribution in [2.24, 2.45) is 5.92 Å². The highest BCUT2D eigenvalue weighted by Crippen LogP contribution is 2.22. The first kappa shape index (κ1) is 28.3. The van der Waals surface area contributed by atoms with Gasteiger partial charge in [-0.1, -0.05) is 69.7 Å². The molecule has 1 unspecified atom stereocenters. The minimum absolute atomic E-state index is 0.168. The van der Waals surface area contributed by atoms with Gasteiger partial charge in [-0.2, -0.15) is 0 Å². The quantitative estimate of drug-likeness (QED) is 0.196. The lowest BCUT2D eigenvalue weighted by atomic mass is 9.94. The molecule has 0 fully saturated rings. The van der Waals surface area contributed by atoms with Gasteiger partial charge in [-0.15, -0.1) is 0 Å². The Morgan fingerprint density at radius 2 is 1.81 bits per heavy atom. The third kappa shape index (κ3) is 12.4. The summed E-state index contributed by atoms with van der Waals surface area (Å²) < 4.78 is 13.1. The zero-order chi connectivity index (χ0) is 23.8.